The smallest absolute Gasteiger partial charge is 0.260 e. The van der Waals surface area contributed by atoms with Crippen molar-refractivity contribution in [3.63, 3.8) is 0 Å². The second-order valence-corrected chi connectivity index (χ2v) is 10.7. The van der Waals surface area contributed by atoms with Crippen molar-refractivity contribution in [3.8, 4) is 17.0 Å². The summed E-state index contributed by atoms with van der Waals surface area (Å²) in [7, 11) is 1.87. The Bertz CT molecular complexity index is 1510. The molecule has 0 radical (unpaired) electrons. The number of phenolic OH excluding ortho intramolecular Hbond substituents is 1. The number of aryl methyl sites for hydroxylation is 2. The lowest BCUT2D eigenvalue weighted by Crippen LogP contribution is -2.45. The molecular weight excluding hydrogens is 426 g/mol. The van der Waals surface area contributed by atoms with Crippen molar-refractivity contribution in [1.29, 1.82) is 0 Å². The van der Waals surface area contributed by atoms with E-state index in [9.17, 15) is 9.90 Å². The second-order valence-electron chi connectivity index (χ2n) is 10.7. The lowest BCUT2D eigenvalue weighted by molar-refractivity contribution is 0.274. The molecule has 1 aromatic carbocycles. The Kier molecular flexibility index (Phi) is 4.49. The minimum atomic E-state index is -0.105. The van der Waals surface area contributed by atoms with Crippen molar-refractivity contribution in [3.05, 3.63) is 52.6 Å². The molecule has 0 saturated heterocycles. The number of nitrogens with one attached hydrogen (secondary N) is 1. The van der Waals surface area contributed by atoms with E-state index in [4.69, 9.17) is 4.98 Å². The van der Waals surface area contributed by atoms with E-state index in [0.717, 1.165) is 48.6 Å². The first kappa shape index (κ1) is 21.4. The molecule has 7 nitrogen and oxygen atoms in total. The molecule has 0 aliphatic heterocycles. The summed E-state index contributed by atoms with van der Waals surface area (Å²) in [6.07, 6.45) is 9.16. The van der Waals surface area contributed by atoms with Crippen LogP contribution in [0.25, 0.3) is 33.1 Å². The highest BCUT2D eigenvalue weighted by atomic mass is 16.3. The largest absolute Gasteiger partial charge is 0.507 e. The molecule has 7 heteroatoms. The molecule has 2 aliphatic rings. The van der Waals surface area contributed by atoms with E-state index in [1.807, 2.05) is 55.2 Å². The lowest BCUT2D eigenvalue weighted by Gasteiger charge is -2.31. The number of aromatic nitrogens is 4. The summed E-state index contributed by atoms with van der Waals surface area (Å²) in [6.45, 7) is 6.26. The quantitative estimate of drug-likeness (QED) is 0.475. The summed E-state index contributed by atoms with van der Waals surface area (Å²) in [6, 6.07) is 8.01. The number of hydrogen-bond acceptors (Lipinski definition) is 5. The summed E-state index contributed by atoms with van der Waals surface area (Å²) in [4.78, 5) is 18.4. The molecule has 2 fully saturated rings. The third-order valence-corrected chi connectivity index (χ3v) is 8.06. The topological polar surface area (TPSA) is 85.0 Å². The molecule has 0 atom stereocenters. The fraction of sp³-hybridized carbons (Fsp3) is 0.444. The predicted octanol–water partition coefficient (Wildman–Crippen LogP) is 4.37. The lowest BCUT2D eigenvalue weighted by atomic mass is 9.90. The highest BCUT2D eigenvalue weighted by Gasteiger charge is 2.55. The molecule has 0 spiro atoms. The van der Waals surface area contributed by atoms with Gasteiger partial charge in [-0.05, 0) is 63.3 Å². The standard InChI is InChI=1S/C27H31N5O2/c1-16(2)29-26-8-10-27(15-26,11-9-26)32-12-7-22-19(25(32)34)5-6-21(28-22)20-13-18-14-31(4)30-23(18)17(3)24(20)33/h5-7,12-14,16,29,33H,8-11,15H2,1-4H3. The van der Waals surface area contributed by atoms with E-state index in [-0.39, 0.29) is 22.4 Å². The molecule has 0 amide bonds. The highest BCUT2D eigenvalue weighted by molar-refractivity contribution is 5.91. The van der Waals surface area contributed by atoms with Gasteiger partial charge in [0.05, 0.1) is 22.1 Å². The Labute approximate surface area is 198 Å². The van der Waals surface area contributed by atoms with Crippen molar-refractivity contribution in [2.24, 2.45) is 7.05 Å². The summed E-state index contributed by atoms with van der Waals surface area (Å²) in [5.41, 5.74) is 3.54. The van der Waals surface area contributed by atoms with Crippen molar-refractivity contribution in [1.82, 2.24) is 24.6 Å². The molecule has 2 bridgehead atoms. The summed E-state index contributed by atoms with van der Waals surface area (Å²) >= 11 is 0. The van der Waals surface area contributed by atoms with Crippen molar-refractivity contribution in [2.45, 2.75) is 70.0 Å². The van der Waals surface area contributed by atoms with Gasteiger partial charge in [0.2, 0.25) is 0 Å². The molecule has 3 aromatic heterocycles. The van der Waals surface area contributed by atoms with Gasteiger partial charge < -0.3 is 15.0 Å². The number of benzene rings is 1. The first-order valence-electron chi connectivity index (χ1n) is 12.2. The number of aromatic hydroxyl groups is 1. The minimum absolute atomic E-state index is 0.0295. The van der Waals surface area contributed by atoms with Crippen molar-refractivity contribution >= 4 is 21.8 Å². The van der Waals surface area contributed by atoms with Gasteiger partial charge in [0.15, 0.2) is 0 Å². The maximum absolute atomic E-state index is 13.6. The van der Waals surface area contributed by atoms with E-state index < -0.39 is 0 Å². The summed E-state index contributed by atoms with van der Waals surface area (Å²) in [5.74, 6) is 0.177. The van der Waals surface area contributed by atoms with E-state index in [0.29, 0.717) is 28.2 Å². The van der Waals surface area contributed by atoms with Gasteiger partial charge in [0.25, 0.3) is 5.56 Å². The fourth-order valence-electron chi connectivity index (χ4n) is 6.60. The van der Waals surface area contributed by atoms with Crippen LogP contribution in [0.2, 0.25) is 0 Å². The van der Waals surface area contributed by atoms with Crippen LogP contribution in [-0.4, -0.2) is 36.0 Å². The molecule has 2 saturated carbocycles. The maximum atomic E-state index is 13.6. The van der Waals surface area contributed by atoms with Crippen LogP contribution >= 0.6 is 0 Å². The molecule has 3 heterocycles. The van der Waals surface area contributed by atoms with Crippen LogP contribution in [0.4, 0.5) is 0 Å². The highest BCUT2D eigenvalue weighted by Crippen LogP contribution is 2.54. The van der Waals surface area contributed by atoms with Gasteiger partial charge in [0, 0.05) is 53.1 Å². The zero-order valence-electron chi connectivity index (χ0n) is 20.2. The number of rotatable bonds is 4. The average Bonchev–Trinajstić information content (AvgIpc) is 3.47. The first-order chi connectivity index (χ1) is 16.2. The minimum Gasteiger partial charge on any atom is -0.507 e. The van der Waals surface area contributed by atoms with Crippen LogP contribution < -0.4 is 10.9 Å². The number of phenols is 1. The molecule has 2 N–H and O–H groups in total. The zero-order chi connectivity index (χ0) is 23.8. The van der Waals surface area contributed by atoms with Gasteiger partial charge in [-0.2, -0.15) is 5.10 Å². The van der Waals surface area contributed by atoms with Crippen LogP contribution in [0.5, 0.6) is 5.75 Å². The molecule has 6 rings (SSSR count). The fourth-order valence-corrected chi connectivity index (χ4v) is 6.60. The van der Waals surface area contributed by atoms with E-state index >= 15 is 0 Å². The third-order valence-electron chi connectivity index (χ3n) is 8.06. The molecule has 34 heavy (non-hydrogen) atoms. The van der Waals surface area contributed by atoms with Crippen LogP contribution in [-0.2, 0) is 12.6 Å². The molecule has 2 aliphatic carbocycles. The van der Waals surface area contributed by atoms with Crippen LogP contribution in [0.15, 0.2) is 41.5 Å². The molecule has 176 valence electrons. The Morgan fingerprint density at radius 1 is 1.15 bits per heavy atom. The number of pyridine rings is 2. The molecule has 4 aromatic rings. The second kappa shape index (κ2) is 7.15. The monoisotopic (exact) mass is 457 g/mol. The Morgan fingerprint density at radius 3 is 2.65 bits per heavy atom. The first-order valence-corrected chi connectivity index (χ1v) is 12.2. The third kappa shape index (κ3) is 3.03. The van der Waals surface area contributed by atoms with Gasteiger partial charge in [-0.1, -0.05) is 13.8 Å². The zero-order valence-corrected chi connectivity index (χ0v) is 20.2. The summed E-state index contributed by atoms with van der Waals surface area (Å²) in [5, 5.41) is 20.7. The van der Waals surface area contributed by atoms with Gasteiger partial charge in [0.1, 0.15) is 5.75 Å². The van der Waals surface area contributed by atoms with Crippen LogP contribution in [0, 0.1) is 6.92 Å². The summed E-state index contributed by atoms with van der Waals surface area (Å²) < 4.78 is 3.73. The van der Waals surface area contributed by atoms with Gasteiger partial charge >= 0.3 is 0 Å². The van der Waals surface area contributed by atoms with Gasteiger partial charge in [-0.3, -0.25) is 9.48 Å². The van der Waals surface area contributed by atoms with E-state index in [1.165, 1.54) is 0 Å². The Hall–Kier alpha value is -3.19. The Balaban J connectivity index is 1.42. The number of nitrogens with zero attached hydrogens (tertiary/aromatic N) is 4. The normalized spacial score (nSPS) is 24.1. The van der Waals surface area contributed by atoms with Crippen molar-refractivity contribution < 1.29 is 5.11 Å². The Morgan fingerprint density at radius 2 is 1.91 bits per heavy atom. The number of hydrogen-bond donors (Lipinski definition) is 2. The number of fused-ring (bicyclic) bond motifs is 4. The maximum Gasteiger partial charge on any atom is 0.260 e. The van der Waals surface area contributed by atoms with Gasteiger partial charge in [-0.15, -0.1) is 0 Å². The average molecular weight is 458 g/mol. The van der Waals surface area contributed by atoms with Gasteiger partial charge in [-0.25, -0.2) is 4.98 Å². The van der Waals surface area contributed by atoms with E-state index in [1.54, 1.807) is 4.68 Å². The predicted molar refractivity (Wildman–Crippen MR) is 134 cm³/mol. The van der Waals surface area contributed by atoms with E-state index in [2.05, 4.69) is 24.3 Å². The molecular formula is C27H31N5O2. The van der Waals surface area contributed by atoms with Crippen LogP contribution in [0.1, 0.15) is 51.5 Å². The molecule has 0 unspecified atom stereocenters. The van der Waals surface area contributed by atoms with Crippen molar-refractivity contribution in [2.75, 3.05) is 0 Å². The van der Waals surface area contributed by atoms with Crippen LogP contribution in [0.3, 0.4) is 0 Å². The SMILES string of the molecule is Cc1c(O)c(-c2ccc3c(=O)n(C45CCC(NC(C)C)(CC4)C5)ccc3n2)cc2cn(C)nc12.